The van der Waals surface area contributed by atoms with Crippen LogP contribution in [0.3, 0.4) is 0 Å². The topological polar surface area (TPSA) is 110 Å². The maximum absolute atomic E-state index is 11.7. The van der Waals surface area contributed by atoms with Gasteiger partial charge in [-0.2, -0.15) is 0 Å². The van der Waals surface area contributed by atoms with Gasteiger partial charge in [0, 0.05) is 5.69 Å². The van der Waals surface area contributed by atoms with Gasteiger partial charge in [-0.15, -0.1) is 0 Å². The van der Waals surface area contributed by atoms with E-state index < -0.39 is 0 Å². The van der Waals surface area contributed by atoms with E-state index in [0.29, 0.717) is 10.8 Å². The average Bonchev–Trinajstić information content (AvgIpc) is 2.76. The molecule has 102 valence electrons. The van der Waals surface area contributed by atoms with Crippen LogP contribution in [0.15, 0.2) is 23.4 Å². The number of fused-ring (bicyclic) bond motifs is 1. The van der Waals surface area contributed by atoms with Gasteiger partial charge in [-0.05, 0) is 24.1 Å². The number of H-pyrrole nitrogens is 1. The van der Waals surface area contributed by atoms with Crippen LogP contribution in [0, 0.1) is 5.92 Å². The quantitative estimate of drug-likeness (QED) is 0.221. The molecule has 0 spiro atoms. The van der Waals surface area contributed by atoms with E-state index >= 15 is 0 Å². The molecule has 19 heavy (non-hydrogen) atoms. The highest BCUT2D eigenvalue weighted by atomic mass is 32.2. The summed E-state index contributed by atoms with van der Waals surface area (Å²) in [6.45, 7) is 3.93. The van der Waals surface area contributed by atoms with E-state index in [1.807, 2.05) is 26.0 Å². The Morgan fingerprint density at radius 1 is 1.47 bits per heavy atom. The van der Waals surface area contributed by atoms with E-state index in [9.17, 15) is 4.79 Å². The van der Waals surface area contributed by atoms with Crippen LogP contribution in [0.4, 0.5) is 5.69 Å². The second-order valence-corrected chi connectivity index (χ2v) is 5.74. The van der Waals surface area contributed by atoms with Crippen molar-refractivity contribution in [1.82, 2.24) is 15.4 Å². The zero-order valence-electron chi connectivity index (χ0n) is 10.8. The first-order chi connectivity index (χ1) is 9.01. The predicted molar refractivity (Wildman–Crippen MR) is 77.3 cm³/mol. The van der Waals surface area contributed by atoms with Crippen molar-refractivity contribution in [2.75, 3.05) is 5.73 Å². The molecular formula is C12H17N5OS. The van der Waals surface area contributed by atoms with Crippen LogP contribution in [-0.2, 0) is 4.79 Å². The zero-order chi connectivity index (χ0) is 14.0. The fourth-order valence-electron chi connectivity index (χ4n) is 1.75. The number of nitrogens with two attached hydrogens (primary N) is 2. The van der Waals surface area contributed by atoms with Gasteiger partial charge < -0.3 is 10.7 Å². The number of anilines is 1. The Kier molecular flexibility index (Phi) is 3.96. The van der Waals surface area contributed by atoms with Crippen molar-refractivity contribution in [1.29, 1.82) is 0 Å². The zero-order valence-corrected chi connectivity index (χ0v) is 11.6. The number of benzene rings is 1. The van der Waals surface area contributed by atoms with E-state index in [4.69, 9.17) is 11.6 Å². The molecule has 1 heterocycles. The number of nitrogen functional groups attached to an aromatic ring is 1. The van der Waals surface area contributed by atoms with E-state index in [2.05, 4.69) is 15.4 Å². The van der Waals surface area contributed by atoms with Crippen LogP contribution in [0.25, 0.3) is 11.0 Å². The van der Waals surface area contributed by atoms with Gasteiger partial charge in [0.25, 0.3) is 0 Å². The Labute approximate surface area is 115 Å². The molecule has 2 aromatic rings. The van der Waals surface area contributed by atoms with Crippen LogP contribution < -0.4 is 17.0 Å². The third kappa shape index (κ3) is 2.99. The normalized spacial score (nSPS) is 12.8. The summed E-state index contributed by atoms with van der Waals surface area (Å²) in [6.07, 6.45) is 0. The standard InChI is InChI=1S/C12H17N5OS/c1-6(2)10(11(18)17-14)19-12-15-8-4-3-7(13)5-9(8)16-12/h3-6,10H,13-14H2,1-2H3,(H,15,16)(H,17,18). The summed E-state index contributed by atoms with van der Waals surface area (Å²) in [5.41, 5.74) is 10.3. The van der Waals surface area contributed by atoms with Crippen molar-refractivity contribution in [3.05, 3.63) is 18.2 Å². The number of rotatable bonds is 4. The van der Waals surface area contributed by atoms with Gasteiger partial charge in [-0.25, -0.2) is 10.8 Å². The second-order valence-electron chi connectivity index (χ2n) is 4.61. The summed E-state index contributed by atoms with van der Waals surface area (Å²) in [7, 11) is 0. The number of nitrogens with one attached hydrogen (secondary N) is 2. The largest absolute Gasteiger partial charge is 0.399 e. The number of carbonyl (C=O) groups excluding carboxylic acids is 1. The summed E-state index contributed by atoms with van der Waals surface area (Å²) in [5, 5.41) is 0.394. The molecular weight excluding hydrogens is 262 g/mol. The van der Waals surface area contributed by atoms with Crippen LogP contribution in [-0.4, -0.2) is 21.1 Å². The number of hydrogen-bond acceptors (Lipinski definition) is 5. The summed E-state index contributed by atoms with van der Waals surface area (Å²) in [4.78, 5) is 19.3. The Bertz CT molecular complexity index is 595. The SMILES string of the molecule is CC(C)C(Sc1nc2ccc(N)cc2[nH]1)C(=O)NN. The maximum atomic E-state index is 11.7. The predicted octanol–water partition coefficient (Wildman–Crippen LogP) is 1.25. The highest BCUT2D eigenvalue weighted by Gasteiger charge is 2.24. The molecule has 0 aliphatic carbocycles. The van der Waals surface area contributed by atoms with Crippen LogP contribution in [0.2, 0.25) is 0 Å². The molecule has 6 N–H and O–H groups in total. The van der Waals surface area contributed by atoms with Crippen molar-refractivity contribution < 1.29 is 4.79 Å². The first-order valence-electron chi connectivity index (χ1n) is 5.93. The summed E-state index contributed by atoms with van der Waals surface area (Å²) >= 11 is 1.36. The first-order valence-corrected chi connectivity index (χ1v) is 6.81. The van der Waals surface area contributed by atoms with Crippen molar-refractivity contribution in [3.8, 4) is 0 Å². The number of aromatic nitrogens is 2. The molecule has 7 heteroatoms. The second kappa shape index (κ2) is 5.50. The van der Waals surface area contributed by atoms with Gasteiger partial charge in [-0.3, -0.25) is 10.2 Å². The fraction of sp³-hybridized carbons (Fsp3) is 0.333. The molecule has 0 fully saturated rings. The molecule has 1 amide bonds. The van der Waals surface area contributed by atoms with Gasteiger partial charge >= 0.3 is 0 Å². The molecule has 0 saturated heterocycles. The number of nitrogens with zero attached hydrogens (tertiary/aromatic N) is 1. The summed E-state index contributed by atoms with van der Waals surface area (Å²) < 4.78 is 0. The van der Waals surface area contributed by atoms with Crippen molar-refractivity contribution in [2.45, 2.75) is 24.3 Å². The van der Waals surface area contributed by atoms with Gasteiger partial charge in [0.15, 0.2) is 5.16 Å². The molecule has 6 nitrogen and oxygen atoms in total. The molecule has 0 aliphatic rings. The Hall–Kier alpha value is -1.73. The monoisotopic (exact) mass is 279 g/mol. The van der Waals surface area contributed by atoms with E-state index in [-0.39, 0.29) is 17.1 Å². The van der Waals surface area contributed by atoms with Gasteiger partial charge in [0.1, 0.15) is 0 Å². The Morgan fingerprint density at radius 2 is 2.21 bits per heavy atom. The number of carbonyl (C=O) groups is 1. The van der Waals surface area contributed by atoms with E-state index in [0.717, 1.165) is 11.0 Å². The number of amides is 1. The summed E-state index contributed by atoms with van der Waals surface area (Å²) in [5.74, 6) is 5.14. The van der Waals surface area contributed by atoms with E-state index in [1.54, 1.807) is 6.07 Å². The molecule has 1 atom stereocenters. The fourth-order valence-corrected chi connectivity index (χ4v) is 2.76. The lowest BCUT2D eigenvalue weighted by Gasteiger charge is -2.16. The molecule has 2 rings (SSSR count). The molecule has 1 aromatic heterocycles. The molecule has 0 bridgehead atoms. The van der Waals surface area contributed by atoms with Crippen LogP contribution in [0.1, 0.15) is 13.8 Å². The number of hydrogen-bond donors (Lipinski definition) is 4. The highest BCUT2D eigenvalue weighted by molar-refractivity contribution is 8.00. The molecule has 0 radical (unpaired) electrons. The highest BCUT2D eigenvalue weighted by Crippen LogP contribution is 2.28. The molecule has 1 unspecified atom stereocenters. The van der Waals surface area contributed by atoms with Crippen molar-refractivity contribution in [2.24, 2.45) is 11.8 Å². The smallest absolute Gasteiger partial charge is 0.247 e. The summed E-state index contributed by atoms with van der Waals surface area (Å²) in [6, 6.07) is 5.46. The van der Waals surface area contributed by atoms with Crippen molar-refractivity contribution in [3.63, 3.8) is 0 Å². The Balaban J connectivity index is 2.26. The van der Waals surface area contributed by atoms with Crippen LogP contribution in [0.5, 0.6) is 0 Å². The minimum absolute atomic E-state index is 0.145. The molecule has 1 aromatic carbocycles. The first kappa shape index (κ1) is 13.7. The Morgan fingerprint density at radius 3 is 2.84 bits per heavy atom. The minimum Gasteiger partial charge on any atom is -0.399 e. The third-order valence-electron chi connectivity index (χ3n) is 2.73. The lowest BCUT2D eigenvalue weighted by atomic mass is 10.1. The average molecular weight is 279 g/mol. The molecule has 0 aliphatic heterocycles. The number of thioether (sulfide) groups is 1. The lowest BCUT2D eigenvalue weighted by Crippen LogP contribution is -2.40. The van der Waals surface area contributed by atoms with Gasteiger partial charge in [0.05, 0.1) is 16.3 Å². The maximum Gasteiger partial charge on any atom is 0.247 e. The van der Waals surface area contributed by atoms with Crippen molar-refractivity contribution >= 4 is 34.4 Å². The van der Waals surface area contributed by atoms with Gasteiger partial charge in [0.2, 0.25) is 5.91 Å². The number of imidazole rings is 1. The minimum atomic E-state index is -0.289. The number of aromatic amines is 1. The van der Waals surface area contributed by atoms with Crippen LogP contribution >= 0.6 is 11.8 Å². The lowest BCUT2D eigenvalue weighted by molar-refractivity contribution is -0.121. The van der Waals surface area contributed by atoms with Gasteiger partial charge in [-0.1, -0.05) is 25.6 Å². The van der Waals surface area contributed by atoms with E-state index in [1.165, 1.54) is 11.8 Å². The number of hydrazine groups is 1. The third-order valence-corrected chi connectivity index (χ3v) is 4.16. The molecule has 0 saturated carbocycles.